The Kier molecular flexibility index (Phi) is 6.19. The molecule has 9 heteroatoms. The van der Waals surface area contributed by atoms with Crippen LogP contribution in [-0.4, -0.2) is 19.3 Å². The first kappa shape index (κ1) is 22.3. The van der Waals surface area contributed by atoms with Gasteiger partial charge in [0.1, 0.15) is 5.01 Å². The molecule has 2 N–H and O–H groups in total. The van der Waals surface area contributed by atoms with Crippen molar-refractivity contribution in [3.8, 4) is 0 Å². The number of carbonyl (C=O) groups is 1. The molecule has 0 spiro atoms. The van der Waals surface area contributed by atoms with Crippen LogP contribution in [0.25, 0.3) is 10.2 Å². The van der Waals surface area contributed by atoms with Crippen molar-refractivity contribution in [2.24, 2.45) is 0 Å². The Morgan fingerprint density at radius 2 is 1.81 bits per heavy atom. The minimum absolute atomic E-state index is 0.0507. The van der Waals surface area contributed by atoms with Gasteiger partial charge in [0.05, 0.1) is 32.2 Å². The molecule has 32 heavy (non-hydrogen) atoms. The van der Waals surface area contributed by atoms with Crippen LogP contribution in [0, 0.1) is 13.8 Å². The van der Waals surface area contributed by atoms with Crippen molar-refractivity contribution in [1.29, 1.82) is 0 Å². The number of nitrogens with one attached hydrogen (secondary N) is 2. The van der Waals surface area contributed by atoms with Crippen molar-refractivity contribution in [3.05, 3.63) is 87.4 Å². The van der Waals surface area contributed by atoms with E-state index in [2.05, 4.69) is 15.0 Å². The predicted octanol–water partition coefficient (Wildman–Crippen LogP) is 5.30. The Bertz CT molecular complexity index is 1400. The molecule has 0 saturated carbocycles. The molecule has 1 amide bonds. The highest BCUT2D eigenvalue weighted by Gasteiger charge is 2.19. The molecule has 0 aliphatic heterocycles. The molecule has 0 aliphatic carbocycles. The average Bonchev–Trinajstić information content (AvgIpc) is 3.17. The van der Waals surface area contributed by atoms with Crippen LogP contribution in [0.5, 0.6) is 0 Å². The van der Waals surface area contributed by atoms with Crippen molar-refractivity contribution >= 4 is 54.8 Å². The number of rotatable bonds is 6. The molecule has 3 aromatic carbocycles. The number of aromatic nitrogens is 1. The summed E-state index contributed by atoms with van der Waals surface area (Å²) >= 11 is 7.68. The van der Waals surface area contributed by atoms with Crippen LogP contribution in [0.2, 0.25) is 5.02 Å². The maximum absolute atomic E-state index is 12.9. The van der Waals surface area contributed by atoms with Gasteiger partial charge in [-0.25, -0.2) is 13.4 Å². The number of hydrogen-bond acceptors (Lipinski definition) is 5. The van der Waals surface area contributed by atoms with Gasteiger partial charge in [-0.2, -0.15) is 0 Å². The number of anilines is 1. The molecule has 1 aromatic heterocycles. The molecule has 4 aromatic rings. The second kappa shape index (κ2) is 8.90. The van der Waals surface area contributed by atoms with Gasteiger partial charge in [-0.15, -0.1) is 11.3 Å². The van der Waals surface area contributed by atoms with E-state index in [1.54, 1.807) is 12.1 Å². The van der Waals surface area contributed by atoms with Crippen molar-refractivity contribution in [1.82, 2.24) is 10.3 Å². The molecule has 1 heterocycles. The topological polar surface area (TPSA) is 88.2 Å². The molecule has 0 atom stereocenters. The fraction of sp³-hybridized carbons (Fsp3) is 0.130. The molecule has 0 aliphatic rings. The van der Waals surface area contributed by atoms with E-state index in [4.69, 9.17) is 11.6 Å². The lowest BCUT2D eigenvalue weighted by Crippen LogP contribution is -2.23. The number of hydrogen-bond donors (Lipinski definition) is 2. The van der Waals surface area contributed by atoms with Crippen molar-refractivity contribution in [3.63, 3.8) is 0 Å². The highest BCUT2D eigenvalue weighted by molar-refractivity contribution is 7.92. The molecule has 164 valence electrons. The van der Waals surface area contributed by atoms with Crippen LogP contribution >= 0.6 is 22.9 Å². The smallest absolute Gasteiger partial charge is 0.261 e. The molecule has 0 saturated heterocycles. The van der Waals surface area contributed by atoms with E-state index in [0.29, 0.717) is 5.69 Å². The minimum Gasteiger partial charge on any atom is -0.345 e. The summed E-state index contributed by atoms with van der Waals surface area (Å²) in [6.07, 6.45) is 0. The van der Waals surface area contributed by atoms with Crippen molar-refractivity contribution in [2.45, 2.75) is 25.3 Å². The number of sulfonamides is 1. The molecular weight excluding hydrogens is 466 g/mol. The van der Waals surface area contributed by atoms with Gasteiger partial charge in [0.15, 0.2) is 0 Å². The number of fused-ring (bicyclic) bond motifs is 1. The quantitative estimate of drug-likeness (QED) is 0.388. The Morgan fingerprint density at radius 1 is 1.03 bits per heavy atom. The second-order valence-electron chi connectivity index (χ2n) is 7.30. The lowest BCUT2D eigenvalue weighted by atomic mass is 10.1. The number of carbonyl (C=O) groups excluding carboxylic acids is 1. The Morgan fingerprint density at radius 3 is 2.56 bits per heavy atom. The Labute approximate surface area is 195 Å². The highest BCUT2D eigenvalue weighted by Crippen LogP contribution is 2.25. The van der Waals surface area contributed by atoms with E-state index < -0.39 is 15.9 Å². The molecule has 0 unspecified atom stereocenters. The van der Waals surface area contributed by atoms with E-state index in [-0.39, 0.29) is 22.0 Å². The largest absolute Gasteiger partial charge is 0.345 e. The number of nitrogens with zero attached hydrogens (tertiary/aromatic N) is 1. The summed E-state index contributed by atoms with van der Waals surface area (Å²) in [5.41, 5.74) is 3.42. The summed E-state index contributed by atoms with van der Waals surface area (Å²) < 4.78 is 29.3. The zero-order valence-corrected chi connectivity index (χ0v) is 19.7. The number of aryl methyl sites for hydroxylation is 2. The van der Waals surface area contributed by atoms with Crippen LogP contribution in [-0.2, 0) is 16.6 Å². The third kappa shape index (κ3) is 4.77. The molecule has 4 rings (SSSR count). The van der Waals surface area contributed by atoms with Crippen LogP contribution < -0.4 is 10.0 Å². The molecule has 6 nitrogen and oxygen atoms in total. The summed E-state index contributed by atoms with van der Waals surface area (Å²) in [4.78, 5) is 17.2. The third-order valence-electron chi connectivity index (χ3n) is 4.99. The van der Waals surface area contributed by atoms with Gasteiger partial charge in [0, 0.05) is 5.69 Å². The maximum Gasteiger partial charge on any atom is 0.261 e. The Hall–Kier alpha value is -2.94. The van der Waals surface area contributed by atoms with Gasteiger partial charge in [0.25, 0.3) is 15.9 Å². The fourth-order valence-corrected chi connectivity index (χ4v) is 5.30. The number of thiazole rings is 1. The molecule has 0 fully saturated rings. The van der Waals surface area contributed by atoms with E-state index >= 15 is 0 Å². The van der Waals surface area contributed by atoms with Crippen molar-refractivity contribution < 1.29 is 13.2 Å². The minimum atomic E-state index is -3.90. The zero-order valence-electron chi connectivity index (χ0n) is 17.3. The van der Waals surface area contributed by atoms with Crippen LogP contribution in [0.15, 0.2) is 65.6 Å². The Balaban J connectivity index is 1.53. The lowest BCUT2D eigenvalue weighted by Gasteiger charge is -2.12. The first-order valence-corrected chi connectivity index (χ1v) is 12.4. The predicted molar refractivity (Wildman–Crippen MR) is 129 cm³/mol. The molecule has 0 radical (unpaired) electrons. The number of para-hydroxylation sites is 1. The van der Waals surface area contributed by atoms with Crippen LogP contribution in [0.4, 0.5) is 5.69 Å². The van der Waals surface area contributed by atoms with E-state index in [1.807, 2.05) is 44.2 Å². The standard InChI is InChI=1S/C23H20ClN3O3S2/c1-14-7-8-16(11-15(14)2)27-32(29,30)17-9-10-19(24)18(12-17)23(28)25-13-22-26-20-5-3-4-6-21(20)31-22/h3-12,27H,13H2,1-2H3,(H,25,28). The van der Waals surface area contributed by atoms with Gasteiger partial charge < -0.3 is 5.32 Å². The van der Waals surface area contributed by atoms with Crippen LogP contribution in [0.1, 0.15) is 26.5 Å². The van der Waals surface area contributed by atoms with Gasteiger partial charge in [-0.3, -0.25) is 9.52 Å². The number of amides is 1. The molecule has 0 bridgehead atoms. The van der Waals surface area contributed by atoms with E-state index in [0.717, 1.165) is 26.4 Å². The molecular formula is C23H20ClN3O3S2. The summed E-state index contributed by atoms with van der Waals surface area (Å²) in [5.74, 6) is -0.475. The van der Waals surface area contributed by atoms with E-state index in [1.165, 1.54) is 29.5 Å². The third-order valence-corrected chi connectivity index (χ3v) is 7.74. The average molecular weight is 486 g/mol. The zero-order chi connectivity index (χ0) is 22.9. The van der Waals surface area contributed by atoms with Crippen molar-refractivity contribution in [2.75, 3.05) is 4.72 Å². The first-order chi connectivity index (χ1) is 15.2. The van der Waals surface area contributed by atoms with Gasteiger partial charge in [-0.05, 0) is 67.4 Å². The van der Waals surface area contributed by atoms with Gasteiger partial charge >= 0.3 is 0 Å². The summed E-state index contributed by atoms with van der Waals surface area (Å²) in [5, 5.41) is 3.68. The van der Waals surface area contributed by atoms with Gasteiger partial charge in [0.2, 0.25) is 0 Å². The summed E-state index contributed by atoms with van der Waals surface area (Å²) in [6.45, 7) is 4.07. The summed E-state index contributed by atoms with van der Waals surface area (Å²) in [6, 6.07) is 17.1. The van der Waals surface area contributed by atoms with Gasteiger partial charge in [-0.1, -0.05) is 29.8 Å². The number of halogens is 1. The second-order valence-corrected chi connectivity index (χ2v) is 10.5. The lowest BCUT2D eigenvalue weighted by molar-refractivity contribution is 0.0951. The van der Waals surface area contributed by atoms with E-state index in [9.17, 15) is 13.2 Å². The maximum atomic E-state index is 12.9. The monoisotopic (exact) mass is 485 g/mol. The highest BCUT2D eigenvalue weighted by atomic mass is 35.5. The van der Waals surface area contributed by atoms with Crippen LogP contribution in [0.3, 0.4) is 0 Å². The normalized spacial score (nSPS) is 11.5. The number of benzene rings is 3. The SMILES string of the molecule is Cc1ccc(NS(=O)(=O)c2ccc(Cl)c(C(=O)NCc3nc4ccccc4s3)c2)cc1C. The first-order valence-electron chi connectivity index (χ1n) is 9.75. The fourth-order valence-electron chi connectivity index (χ4n) is 3.11. The summed E-state index contributed by atoms with van der Waals surface area (Å²) in [7, 11) is -3.90.